The van der Waals surface area contributed by atoms with Crippen molar-refractivity contribution in [3.05, 3.63) is 53.6 Å². The third-order valence-electron chi connectivity index (χ3n) is 4.87. The van der Waals surface area contributed by atoms with E-state index in [2.05, 4.69) is 10.6 Å². The van der Waals surface area contributed by atoms with E-state index in [1.54, 1.807) is 24.3 Å². The first-order valence-corrected chi connectivity index (χ1v) is 10.5. The van der Waals surface area contributed by atoms with Gasteiger partial charge in [-0.2, -0.15) is 4.31 Å². The summed E-state index contributed by atoms with van der Waals surface area (Å²) in [7, 11) is -3.47. The Morgan fingerprint density at radius 1 is 1.07 bits per heavy atom. The molecule has 27 heavy (non-hydrogen) atoms. The Morgan fingerprint density at radius 3 is 2.52 bits per heavy atom. The van der Waals surface area contributed by atoms with Crippen molar-refractivity contribution >= 4 is 27.3 Å². The lowest BCUT2D eigenvalue weighted by Gasteiger charge is -2.16. The second-order valence-electron chi connectivity index (χ2n) is 6.79. The predicted octanol–water partition coefficient (Wildman–Crippen LogP) is 3.14. The van der Waals surface area contributed by atoms with Crippen LogP contribution in [0.1, 0.15) is 24.0 Å². The molecule has 7 heteroatoms. The van der Waals surface area contributed by atoms with Crippen molar-refractivity contribution in [1.82, 2.24) is 4.31 Å². The van der Waals surface area contributed by atoms with E-state index in [4.69, 9.17) is 0 Å². The van der Waals surface area contributed by atoms with Crippen LogP contribution in [0.2, 0.25) is 0 Å². The summed E-state index contributed by atoms with van der Waals surface area (Å²) in [5.74, 6) is -0.184. The average molecular weight is 388 g/mol. The number of nitrogens with zero attached hydrogens (tertiary/aromatic N) is 1. The molecule has 1 aliphatic heterocycles. The van der Waals surface area contributed by atoms with Crippen LogP contribution in [0, 0.1) is 13.8 Å². The summed E-state index contributed by atoms with van der Waals surface area (Å²) in [6, 6.07) is 12.4. The van der Waals surface area contributed by atoms with Crippen LogP contribution in [-0.2, 0) is 14.8 Å². The number of aryl methyl sites for hydroxylation is 1. The lowest BCUT2D eigenvalue weighted by atomic mass is 10.1. The number of anilines is 2. The number of hydrogen-bond acceptors (Lipinski definition) is 4. The van der Waals surface area contributed by atoms with Crippen LogP contribution < -0.4 is 10.6 Å². The molecule has 1 saturated heterocycles. The average Bonchev–Trinajstić information content (AvgIpc) is 3.20. The summed E-state index contributed by atoms with van der Waals surface area (Å²) in [6.45, 7) is 5.15. The van der Waals surface area contributed by atoms with Gasteiger partial charge in [-0.3, -0.25) is 4.79 Å². The first-order chi connectivity index (χ1) is 12.9. The van der Waals surface area contributed by atoms with Crippen molar-refractivity contribution < 1.29 is 13.2 Å². The molecule has 1 fully saturated rings. The van der Waals surface area contributed by atoms with Gasteiger partial charge in [-0.05, 0) is 62.1 Å². The van der Waals surface area contributed by atoms with E-state index in [1.807, 2.05) is 32.0 Å². The summed E-state index contributed by atoms with van der Waals surface area (Å²) < 4.78 is 26.8. The highest BCUT2D eigenvalue weighted by Crippen LogP contribution is 2.23. The first kappa shape index (κ1) is 19.4. The molecule has 0 unspecified atom stereocenters. The summed E-state index contributed by atoms with van der Waals surface area (Å²) in [5.41, 5.74) is 3.53. The fourth-order valence-corrected chi connectivity index (χ4v) is 4.67. The van der Waals surface area contributed by atoms with E-state index in [0.29, 0.717) is 18.8 Å². The van der Waals surface area contributed by atoms with Crippen molar-refractivity contribution in [2.45, 2.75) is 31.6 Å². The Bertz CT molecular complexity index is 935. The van der Waals surface area contributed by atoms with E-state index < -0.39 is 10.0 Å². The first-order valence-electron chi connectivity index (χ1n) is 9.08. The predicted molar refractivity (Wildman–Crippen MR) is 107 cm³/mol. The molecule has 0 spiro atoms. The van der Waals surface area contributed by atoms with Crippen LogP contribution in [0.4, 0.5) is 11.4 Å². The summed E-state index contributed by atoms with van der Waals surface area (Å²) in [5, 5.41) is 5.89. The normalized spacial score (nSPS) is 14.9. The van der Waals surface area contributed by atoms with Gasteiger partial charge in [0.2, 0.25) is 15.9 Å². The molecule has 0 saturated carbocycles. The molecular weight excluding hydrogens is 362 g/mol. The SMILES string of the molecule is Cc1cccc(NC(=O)CNc2cccc(S(=O)(=O)N3CCCC3)c2)c1C. The van der Waals surface area contributed by atoms with E-state index in [-0.39, 0.29) is 17.3 Å². The van der Waals surface area contributed by atoms with Gasteiger partial charge >= 0.3 is 0 Å². The number of sulfonamides is 1. The molecule has 0 atom stereocenters. The number of carbonyl (C=O) groups excluding carboxylic acids is 1. The number of hydrogen-bond donors (Lipinski definition) is 2. The van der Waals surface area contributed by atoms with E-state index in [0.717, 1.165) is 29.7 Å². The third-order valence-corrected chi connectivity index (χ3v) is 6.76. The second-order valence-corrected chi connectivity index (χ2v) is 8.73. The quantitative estimate of drug-likeness (QED) is 0.798. The van der Waals surface area contributed by atoms with Crippen LogP contribution in [0.15, 0.2) is 47.4 Å². The molecule has 1 aliphatic rings. The fraction of sp³-hybridized carbons (Fsp3) is 0.350. The molecule has 1 heterocycles. The second kappa shape index (κ2) is 8.10. The van der Waals surface area contributed by atoms with E-state index in [1.165, 1.54) is 4.31 Å². The number of nitrogens with one attached hydrogen (secondary N) is 2. The van der Waals surface area contributed by atoms with Gasteiger partial charge in [-0.15, -0.1) is 0 Å². The minimum atomic E-state index is -3.47. The van der Waals surface area contributed by atoms with Crippen LogP contribution >= 0.6 is 0 Å². The van der Waals surface area contributed by atoms with Crippen molar-refractivity contribution in [3.8, 4) is 0 Å². The number of carbonyl (C=O) groups is 1. The zero-order valence-electron chi connectivity index (χ0n) is 15.7. The molecule has 0 aromatic heterocycles. The van der Waals surface area contributed by atoms with E-state index in [9.17, 15) is 13.2 Å². The van der Waals surface area contributed by atoms with Gasteiger partial charge in [-0.25, -0.2) is 8.42 Å². The molecule has 0 bridgehead atoms. The molecule has 1 amide bonds. The minimum Gasteiger partial charge on any atom is -0.376 e. The van der Waals surface area contributed by atoms with Crippen molar-refractivity contribution in [2.75, 3.05) is 30.3 Å². The van der Waals surface area contributed by atoms with Crippen molar-refractivity contribution in [1.29, 1.82) is 0 Å². The molecule has 0 radical (unpaired) electrons. The fourth-order valence-electron chi connectivity index (χ4n) is 3.11. The zero-order valence-corrected chi connectivity index (χ0v) is 16.5. The van der Waals surface area contributed by atoms with Gasteiger partial charge in [-0.1, -0.05) is 18.2 Å². The standard InChI is InChI=1S/C20H25N3O3S/c1-15-7-5-10-19(16(15)2)22-20(24)14-21-17-8-6-9-18(13-17)27(25,26)23-11-3-4-12-23/h5-10,13,21H,3-4,11-12,14H2,1-2H3,(H,22,24). The molecule has 6 nitrogen and oxygen atoms in total. The minimum absolute atomic E-state index is 0.0561. The highest BCUT2D eigenvalue weighted by Gasteiger charge is 2.27. The molecule has 144 valence electrons. The van der Waals surface area contributed by atoms with Gasteiger partial charge in [0.05, 0.1) is 11.4 Å². The Hall–Kier alpha value is -2.38. The molecular formula is C20H25N3O3S. The zero-order chi connectivity index (χ0) is 19.4. The maximum Gasteiger partial charge on any atom is 0.243 e. The third kappa shape index (κ3) is 4.48. The van der Waals surface area contributed by atoms with Gasteiger partial charge in [0.15, 0.2) is 0 Å². The Kier molecular flexibility index (Phi) is 5.82. The largest absolute Gasteiger partial charge is 0.376 e. The summed E-state index contributed by atoms with van der Waals surface area (Å²) in [4.78, 5) is 12.5. The van der Waals surface area contributed by atoms with Crippen LogP contribution in [0.3, 0.4) is 0 Å². The summed E-state index contributed by atoms with van der Waals surface area (Å²) >= 11 is 0. The molecule has 2 aromatic carbocycles. The Labute approximate surface area is 160 Å². The van der Waals surface area contributed by atoms with Gasteiger partial charge in [0.25, 0.3) is 0 Å². The maximum atomic E-state index is 12.7. The number of amides is 1. The number of rotatable bonds is 6. The topological polar surface area (TPSA) is 78.5 Å². The van der Waals surface area contributed by atoms with Gasteiger partial charge < -0.3 is 10.6 Å². The lowest BCUT2D eigenvalue weighted by Crippen LogP contribution is -2.28. The molecule has 2 N–H and O–H groups in total. The van der Waals surface area contributed by atoms with Gasteiger partial charge in [0, 0.05) is 24.5 Å². The van der Waals surface area contributed by atoms with Crippen molar-refractivity contribution in [2.24, 2.45) is 0 Å². The van der Waals surface area contributed by atoms with Crippen LogP contribution in [0.25, 0.3) is 0 Å². The van der Waals surface area contributed by atoms with Gasteiger partial charge in [0.1, 0.15) is 0 Å². The number of benzene rings is 2. The van der Waals surface area contributed by atoms with E-state index >= 15 is 0 Å². The van der Waals surface area contributed by atoms with Crippen molar-refractivity contribution in [3.63, 3.8) is 0 Å². The molecule has 0 aliphatic carbocycles. The maximum absolute atomic E-state index is 12.7. The molecule has 2 aromatic rings. The highest BCUT2D eigenvalue weighted by molar-refractivity contribution is 7.89. The molecule has 3 rings (SSSR count). The summed E-state index contributed by atoms with van der Waals surface area (Å²) in [6.07, 6.45) is 1.80. The van der Waals surface area contributed by atoms with Crippen LogP contribution in [-0.4, -0.2) is 38.3 Å². The Balaban J connectivity index is 1.64. The Morgan fingerprint density at radius 2 is 1.78 bits per heavy atom. The smallest absolute Gasteiger partial charge is 0.243 e. The lowest BCUT2D eigenvalue weighted by molar-refractivity contribution is -0.114. The van der Waals surface area contributed by atoms with Crippen LogP contribution in [0.5, 0.6) is 0 Å². The monoisotopic (exact) mass is 387 g/mol. The highest BCUT2D eigenvalue weighted by atomic mass is 32.2.